The first kappa shape index (κ1) is 27.9. The molecule has 38 heavy (non-hydrogen) atoms. The number of aliphatic hydroxyl groups excluding tert-OH is 2. The number of rotatable bonds is 10. The van der Waals surface area contributed by atoms with Gasteiger partial charge in [-0.3, -0.25) is 19.3 Å². The van der Waals surface area contributed by atoms with E-state index in [9.17, 15) is 19.6 Å². The molecule has 0 bridgehead atoms. The third kappa shape index (κ3) is 5.51. The Bertz CT molecular complexity index is 1190. The summed E-state index contributed by atoms with van der Waals surface area (Å²) in [7, 11) is -1.62. The van der Waals surface area contributed by atoms with Crippen LogP contribution >= 0.6 is 7.75 Å². The highest BCUT2D eigenvalue weighted by Crippen LogP contribution is 2.47. The highest BCUT2D eigenvalue weighted by Gasteiger charge is 2.58. The van der Waals surface area contributed by atoms with Gasteiger partial charge < -0.3 is 29.9 Å². The normalized spacial score (nSPS) is 30.9. The van der Waals surface area contributed by atoms with Crippen molar-refractivity contribution in [2.45, 2.75) is 49.3 Å². The van der Waals surface area contributed by atoms with E-state index in [1.54, 1.807) is 35.3 Å². The second-order valence-electron chi connectivity index (χ2n) is 8.89. The smallest absolute Gasteiger partial charge is 0.459 e. The number of aliphatic imine (C=N–C) groups is 2. The zero-order valence-electron chi connectivity index (χ0n) is 21.1. The maximum absolute atomic E-state index is 13.8. The van der Waals surface area contributed by atoms with Crippen LogP contribution in [0.3, 0.4) is 0 Å². The number of hydrazone groups is 1. The quantitative estimate of drug-likeness (QED) is 0.177. The van der Waals surface area contributed by atoms with E-state index in [1.807, 2.05) is 6.08 Å². The van der Waals surface area contributed by atoms with Crippen molar-refractivity contribution in [2.75, 3.05) is 20.8 Å². The molecule has 0 radical (unpaired) electrons. The molecule has 3 heterocycles. The molecule has 0 saturated carbocycles. The summed E-state index contributed by atoms with van der Waals surface area (Å²) in [4.78, 5) is 20.0. The molecular weight excluding hydrogens is 519 g/mol. The molecule has 206 valence electrons. The lowest BCUT2D eigenvalue weighted by molar-refractivity contribution is -0.142. The van der Waals surface area contributed by atoms with Crippen LogP contribution in [0.5, 0.6) is 5.75 Å². The van der Waals surface area contributed by atoms with Crippen LogP contribution in [0, 0.1) is 0 Å². The Morgan fingerprint density at radius 1 is 1.42 bits per heavy atom. The first-order valence-corrected chi connectivity index (χ1v) is 13.3. The van der Waals surface area contributed by atoms with E-state index in [2.05, 4.69) is 20.2 Å². The number of para-hydroxylation sites is 1. The number of hydrogen-bond donors (Lipinski definition) is 4. The van der Waals surface area contributed by atoms with Crippen molar-refractivity contribution in [1.82, 2.24) is 10.1 Å². The summed E-state index contributed by atoms with van der Waals surface area (Å²) in [5.74, 6) is -0.223. The van der Waals surface area contributed by atoms with Crippen molar-refractivity contribution < 1.29 is 38.1 Å². The highest BCUT2D eigenvalue weighted by atomic mass is 31.2. The number of nitrogens with one attached hydrogen (secondary N) is 1. The summed E-state index contributed by atoms with van der Waals surface area (Å²) in [5.41, 5.74) is 4.80. The van der Waals surface area contributed by atoms with Gasteiger partial charge in [-0.2, -0.15) is 10.2 Å². The van der Waals surface area contributed by atoms with Gasteiger partial charge in [0.25, 0.3) is 0 Å². The third-order valence-corrected chi connectivity index (χ3v) is 7.95. The molecule has 3 aliphatic heterocycles. The molecule has 15 heteroatoms. The summed E-state index contributed by atoms with van der Waals surface area (Å²) in [6, 6.07) is 6.62. The fourth-order valence-electron chi connectivity index (χ4n) is 4.47. The molecule has 14 nitrogen and oxygen atoms in total. The van der Waals surface area contributed by atoms with Gasteiger partial charge in [-0.25, -0.2) is 9.56 Å². The minimum atomic E-state index is -4.27. The molecule has 4 rings (SSSR count). The number of esters is 1. The summed E-state index contributed by atoms with van der Waals surface area (Å²) in [6.07, 6.45) is 0.913. The van der Waals surface area contributed by atoms with Crippen molar-refractivity contribution in [2.24, 2.45) is 20.8 Å². The van der Waals surface area contributed by atoms with Crippen LogP contribution in [0.25, 0.3) is 0 Å². The van der Waals surface area contributed by atoms with Crippen LogP contribution in [-0.4, -0.2) is 96.3 Å². The molecule has 1 unspecified atom stereocenters. The Morgan fingerprint density at radius 3 is 2.84 bits per heavy atom. The van der Waals surface area contributed by atoms with Crippen molar-refractivity contribution in [1.29, 1.82) is 0 Å². The molecule has 0 amide bonds. The molecule has 1 aromatic rings. The Hall–Kier alpha value is -3.13. The fraction of sp³-hybridized carbons (Fsp3) is 0.478. The van der Waals surface area contributed by atoms with E-state index in [-0.39, 0.29) is 11.6 Å². The third-order valence-electron chi connectivity index (χ3n) is 6.33. The van der Waals surface area contributed by atoms with Crippen molar-refractivity contribution in [3.05, 3.63) is 42.1 Å². The highest BCUT2D eigenvalue weighted by molar-refractivity contribution is 7.52. The van der Waals surface area contributed by atoms with Crippen LogP contribution in [0.15, 0.2) is 57.2 Å². The molecule has 1 aromatic carbocycles. The number of hydrogen-bond acceptors (Lipinski definition) is 13. The lowest BCUT2D eigenvalue weighted by atomic mass is 9.94. The predicted molar refractivity (Wildman–Crippen MR) is 138 cm³/mol. The number of aliphatic hydroxyl groups is 2. The molecule has 1 fully saturated rings. The van der Waals surface area contributed by atoms with Gasteiger partial charge in [0.15, 0.2) is 11.4 Å². The second-order valence-corrected chi connectivity index (χ2v) is 10.6. The van der Waals surface area contributed by atoms with Crippen LogP contribution in [0.4, 0.5) is 0 Å². The minimum Gasteiger partial charge on any atom is -0.468 e. The molecule has 3 aliphatic rings. The van der Waals surface area contributed by atoms with Crippen LogP contribution in [0.1, 0.15) is 13.3 Å². The van der Waals surface area contributed by atoms with Gasteiger partial charge in [0.2, 0.25) is 0 Å². The van der Waals surface area contributed by atoms with Crippen LogP contribution < -0.4 is 15.3 Å². The van der Waals surface area contributed by atoms with E-state index >= 15 is 0 Å². The molecule has 0 spiro atoms. The zero-order valence-corrected chi connectivity index (χ0v) is 22.0. The monoisotopic (exact) mass is 550 g/mol. The molecule has 5 N–H and O–H groups in total. The van der Waals surface area contributed by atoms with E-state index in [4.69, 9.17) is 24.3 Å². The Labute approximate surface area is 219 Å². The first-order chi connectivity index (χ1) is 18.1. The average Bonchev–Trinajstić information content (AvgIpc) is 3.44. The zero-order chi connectivity index (χ0) is 27.5. The number of nitrogens with two attached hydrogens (primary N) is 1. The van der Waals surface area contributed by atoms with Gasteiger partial charge in [0.05, 0.1) is 25.5 Å². The largest absolute Gasteiger partial charge is 0.468 e. The summed E-state index contributed by atoms with van der Waals surface area (Å²) < 4.78 is 36.1. The molecule has 0 aromatic heterocycles. The number of carbonyl (C=O) groups is 1. The second kappa shape index (κ2) is 11.3. The van der Waals surface area contributed by atoms with Gasteiger partial charge in [-0.1, -0.05) is 24.3 Å². The number of fused-ring (bicyclic) bond motifs is 1. The number of ether oxygens (including phenoxy) is 2. The van der Waals surface area contributed by atoms with Crippen molar-refractivity contribution in [3.63, 3.8) is 0 Å². The van der Waals surface area contributed by atoms with E-state index in [0.717, 1.165) is 0 Å². The SMILES string of the molecule is C/N=C\[C@]1(CO[P@@](=O)(N[C@@H](C)C(=O)OC)Oc2ccccc2)O[C@@H](C2CC=C3C(N)=NC=NN32)[C@H](O)[C@@H]1O. The lowest BCUT2D eigenvalue weighted by Gasteiger charge is -2.33. The lowest BCUT2D eigenvalue weighted by Crippen LogP contribution is -2.49. The van der Waals surface area contributed by atoms with E-state index in [0.29, 0.717) is 12.1 Å². The van der Waals surface area contributed by atoms with Gasteiger partial charge >= 0.3 is 13.7 Å². The number of carbonyl (C=O) groups excluding carboxylic acids is 1. The predicted octanol–water partition coefficient (Wildman–Crippen LogP) is 0.174. The number of amidine groups is 1. The fourth-order valence-corrected chi connectivity index (χ4v) is 6.00. The van der Waals surface area contributed by atoms with Gasteiger partial charge in [-0.05, 0) is 25.5 Å². The van der Waals surface area contributed by atoms with Crippen LogP contribution in [0.2, 0.25) is 0 Å². The topological polar surface area (TPSA) is 190 Å². The number of benzene rings is 1. The number of methoxy groups -OCH3 is 1. The standard InChI is InChI=1S/C23H31N6O8P/c1-14(22(32)34-3)28-38(33,37-15-7-5-4-6-8-15)35-12-23(11-25-2)20(31)18(30)19(36-23)16-9-10-17-21(24)26-13-27-29(16)17/h4-8,10-11,13-14,16,18-20,30-31H,9,12H2,1-3H3,(H,28,33)(H2,24,26,27)/b25-11-/t14-,16?,18-,19-,20-,23+,38-/m0/s1. The van der Waals surface area contributed by atoms with Crippen molar-refractivity contribution >= 4 is 32.1 Å². The summed E-state index contributed by atoms with van der Waals surface area (Å²) in [6.45, 7) is 0.878. The maximum atomic E-state index is 13.8. The van der Waals surface area contributed by atoms with Gasteiger partial charge in [0.1, 0.15) is 36.4 Å². The molecule has 1 saturated heterocycles. The Morgan fingerprint density at radius 2 is 2.16 bits per heavy atom. The molecular formula is C23H31N6O8P. The maximum Gasteiger partial charge on any atom is 0.459 e. The van der Waals surface area contributed by atoms with E-state index < -0.39 is 56.3 Å². The average molecular weight is 551 g/mol. The van der Waals surface area contributed by atoms with Crippen molar-refractivity contribution in [3.8, 4) is 5.75 Å². The minimum absolute atomic E-state index is 0.205. The molecule has 7 atom stereocenters. The van der Waals surface area contributed by atoms with Gasteiger partial charge in [-0.15, -0.1) is 0 Å². The van der Waals surface area contributed by atoms with Crippen LogP contribution in [-0.2, 0) is 23.4 Å². The van der Waals surface area contributed by atoms with E-state index in [1.165, 1.54) is 33.6 Å². The Balaban J connectivity index is 1.57. The molecule has 0 aliphatic carbocycles. The summed E-state index contributed by atoms with van der Waals surface area (Å²) in [5, 5.41) is 30.5. The first-order valence-electron chi connectivity index (χ1n) is 11.8. The summed E-state index contributed by atoms with van der Waals surface area (Å²) >= 11 is 0. The number of nitrogens with zero attached hydrogens (tertiary/aromatic N) is 4. The Kier molecular flexibility index (Phi) is 8.31. The van der Waals surface area contributed by atoms with Gasteiger partial charge in [0, 0.05) is 13.3 Å².